The van der Waals surface area contributed by atoms with E-state index in [2.05, 4.69) is 23.3 Å². The maximum absolute atomic E-state index is 12.8. The quantitative estimate of drug-likeness (QED) is 0.538. The summed E-state index contributed by atoms with van der Waals surface area (Å²) in [5.41, 5.74) is 2.64. The molecule has 26 heavy (non-hydrogen) atoms. The van der Waals surface area contributed by atoms with E-state index in [1.807, 2.05) is 48.5 Å². The lowest BCUT2D eigenvalue weighted by Gasteiger charge is -2.10. The molecule has 0 fully saturated rings. The molecule has 0 aliphatic rings. The van der Waals surface area contributed by atoms with Crippen molar-refractivity contribution in [1.29, 1.82) is 0 Å². The molecule has 1 N–H and O–H groups in total. The second-order valence-corrected chi connectivity index (χ2v) is 7.02. The van der Waals surface area contributed by atoms with E-state index in [1.54, 1.807) is 7.11 Å². The van der Waals surface area contributed by atoms with Crippen molar-refractivity contribution in [2.75, 3.05) is 12.4 Å². The van der Waals surface area contributed by atoms with E-state index >= 15 is 0 Å². The summed E-state index contributed by atoms with van der Waals surface area (Å²) >= 11 is 1.48. The fourth-order valence-corrected chi connectivity index (χ4v) is 3.98. The highest BCUT2D eigenvalue weighted by molar-refractivity contribution is 7.22. The molecule has 4 rings (SSSR count). The Kier molecular flexibility index (Phi) is 4.31. The Labute approximate surface area is 155 Å². The largest absolute Gasteiger partial charge is 0.496 e. The smallest absolute Gasteiger partial charge is 0.261 e. The number of carbonyl (C=O) groups is 1. The topological polar surface area (TPSA) is 51.2 Å². The molecule has 0 unspecified atom stereocenters. The van der Waals surface area contributed by atoms with Gasteiger partial charge in [0.1, 0.15) is 5.75 Å². The molecule has 4 aromatic rings. The SMILES string of the molecule is CCc1cccc2sc(NC(=O)c3cc4ccccc4cc3OC)nc12. The highest BCUT2D eigenvalue weighted by Gasteiger charge is 2.16. The number of hydrogen-bond acceptors (Lipinski definition) is 4. The number of aryl methyl sites for hydroxylation is 1. The van der Waals surface area contributed by atoms with Crippen LogP contribution in [0.25, 0.3) is 21.0 Å². The molecule has 1 heterocycles. The van der Waals surface area contributed by atoms with Crippen LogP contribution in [-0.4, -0.2) is 18.0 Å². The van der Waals surface area contributed by atoms with Crippen LogP contribution < -0.4 is 10.1 Å². The van der Waals surface area contributed by atoms with Crippen LogP contribution in [0.5, 0.6) is 5.75 Å². The molecule has 0 aliphatic carbocycles. The number of benzene rings is 3. The zero-order valence-electron chi connectivity index (χ0n) is 14.6. The number of hydrogen-bond donors (Lipinski definition) is 1. The highest BCUT2D eigenvalue weighted by Crippen LogP contribution is 2.30. The first kappa shape index (κ1) is 16.5. The van der Waals surface area contributed by atoms with Crippen molar-refractivity contribution in [2.45, 2.75) is 13.3 Å². The van der Waals surface area contributed by atoms with Crippen molar-refractivity contribution in [1.82, 2.24) is 4.98 Å². The molecule has 130 valence electrons. The van der Waals surface area contributed by atoms with Gasteiger partial charge in [-0.15, -0.1) is 0 Å². The maximum atomic E-state index is 12.8. The van der Waals surface area contributed by atoms with Crippen molar-refractivity contribution in [3.05, 3.63) is 65.7 Å². The van der Waals surface area contributed by atoms with Gasteiger partial charge in [-0.2, -0.15) is 0 Å². The number of amides is 1. The molecule has 1 amide bonds. The Balaban J connectivity index is 1.71. The lowest BCUT2D eigenvalue weighted by molar-refractivity contribution is 0.102. The van der Waals surface area contributed by atoms with Gasteiger partial charge in [0.05, 0.1) is 22.9 Å². The predicted molar refractivity (Wildman–Crippen MR) is 107 cm³/mol. The van der Waals surface area contributed by atoms with Crippen molar-refractivity contribution in [3.63, 3.8) is 0 Å². The number of rotatable bonds is 4. The van der Waals surface area contributed by atoms with Gasteiger partial charge in [-0.25, -0.2) is 4.98 Å². The molecular weight excluding hydrogens is 344 g/mol. The number of nitrogens with one attached hydrogen (secondary N) is 1. The predicted octanol–water partition coefficient (Wildman–Crippen LogP) is 5.27. The molecule has 4 nitrogen and oxygen atoms in total. The number of ether oxygens (including phenoxy) is 1. The van der Waals surface area contributed by atoms with E-state index in [0.29, 0.717) is 16.4 Å². The number of thiazole rings is 1. The van der Waals surface area contributed by atoms with Crippen LogP contribution in [0.3, 0.4) is 0 Å². The summed E-state index contributed by atoms with van der Waals surface area (Å²) in [5, 5.41) is 5.56. The first-order valence-corrected chi connectivity index (χ1v) is 9.28. The van der Waals surface area contributed by atoms with Gasteiger partial charge in [-0.3, -0.25) is 10.1 Å². The summed E-state index contributed by atoms with van der Waals surface area (Å²) in [5.74, 6) is 0.335. The molecule has 0 saturated heterocycles. The zero-order chi connectivity index (χ0) is 18.1. The van der Waals surface area contributed by atoms with Gasteiger partial charge in [0.15, 0.2) is 5.13 Å². The van der Waals surface area contributed by atoms with Crippen molar-refractivity contribution >= 4 is 43.4 Å². The second-order valence-electron chi connectivity index (χ2n) is 5.99. The van der Waals surface area contributed by atoms with E-state index in [-0.39, 0.29) is 5.91 Å². The third-order valence-electron chi connectivity index (χ3n) is 4.42. The third-order valence-corrected chi connectivity index (χ3v) is 5.35. The van der Waals surface area contributed by atoms with Gasteiger partial charge in [-0.1, -0.05) is 54.7 Å². The van der Waals surface area contributed by atoms with Crippen LogP contribution in [-0.2, 0) is 6.42 Å². The Morgan fingerprint density at radius 3 is 2.62 bits per heavy atom. The number of fused-ring (bicyclic) bond motifs is 2. The summed E-state index contributed by atoms with van der Waals surface area (Å²) in [6.45, 7) is 2.10. The molecule has 0 radical (unpaired) electrons. The Hall–Kier alpha value is -2.92. The molecule has 0 saturated carbocycles. The Bertz CT molecular complexity index is 1120. The van der Waals surface area contributed by atoms with E-state index in [1.165, 1.54) is 16.9 Å². The monoisotopic (exact) mass is 362 g/mol. The van der Waals surface area contributed by atoms with Crippen LogP contribution in [0, 0.1) is 0 Å². The number of methoxy groups -OCH3 is 1. The van der Waals surface area contributed by atoms with Gasteiger partial charge in [-0.05, 0) is 41.0 Å². The van der Waals surface area contributed by atoms with E-state index < -0.39 is 0 Å². The lowest BCUT2D eigenvalue weighted by Crippen LogP contribution is -2.13. The lowest BCUT2D eigenvalue weighted by atomic mass is 10.1. The fourth-order valence-electron chi connectivity index (χ4n) is 3.07. The van der Waals surface area contributed by atoms with Crippen LogP contribution in [0.4, 0.5) is 5.13 Å². The second kappa shape index (κ2) is 6.77. The van der Waals surface area contributed by atoms with Crippen LogP contribution >= 0.6 is 11.3 Å². The minimum atomic E-state index is -0.218. The van der Waals surface area contributed by atoms with Gasteiger partial charge < -0.3 is 4.74 Å². The summed E-state index contributed by atoms with van der Waals surface area (Å²) in [6.07, 6.45) is 0.910. The number of nitrogens with zero attached hydrogens (tertiary/aromatic N) is 1. The van der Waals surface area contributed by atoms with E-state index in [0.717, 1.165) is 27.4 Å². The number of para-hydroxylation sites is 1. The van der Waals surface area contributed by atoms with Gasteiger partial charge in [0.2, 0.25) is 0 Å². The maximum Gasteiger partial charge on any atom is 0.261 e. The first-order chi connectivity index (χ1) is 12.7. The Morgan fingerprint density at radius 1 is 1.12 bits per heavy atom. The fraction of sp³-hybridized carbons (Fsp3) is 0.143. The summed E-state index contributed by atoms with van der Waals surface area (Å²) in [4.78, 5) is 17.5. The molecule has 0 bridgehead atoms. The van der Waals surface area contributed by atoms with Crippen molar-refractivity contribution in [2.24, 2.45) is 0 Å². The minimum absolute atomic E-state index is 0.218. The van der Waals surface area contributed by atoms with Gasteiger partial charge in [0.25, 0.3) is 5.91 Å². The molecule has 3 aromatic carbocycles. The molecule has 1 aromatic heterocycles. The average Bonchev–Trinajstić information content (AvgIpc) is 3.09. The van der Waals surface area contributed by atoms with Crippen LogP contribution in [0.15, 0.2) is 54.6 Å². The van der Waals surface area contributed by atoms with E-state index in [4.69, 9.17) is 4.74 Å². The van der Waals surface area contributed by atoms with Gasteiger partial charge >= 0.3 is 0 Å². The van der Waals surface area contributed by atoms with Crippen LogP contribution in [0.2, 0.25) is 0 Å². The summed E-state index contributed by atoms with van der Waals surface area (Å²) in [7, 11) is 1.58. The third kappa shape index (κ3) is 2.91. The highest BCUT2D eigenvalue weighted by atomic mass is 32.1. The molecule has 0 spiro atoms. The van der Waals surface area contributed by atoms with Gasteiger partial charge in [0, 0.05) is 0 Å². The first-order valence-electron chi connectivity index (χ1n) is 8.46. The minimum Gasteiger partial charge on any atom is -0.496 e. The summed E-state index contributed by atoms with van der Waals surface area (Å²) < 4.78 is 6.50. The molecular formula is C21H18N2O2S. The zero-order valence-corrected chi connectivity index (χ0v) is 15.4. The van der Waals surface area contributed by atoms with Crippen molar-refractivity contribution in [3.8, 4) is 5.75 Å². The number of aromatic nitrogens is 1. The van der Waals surface area contributed by atoms with Crippen molar-refractivity contribution < 1.29 is 9.53 Å². The number of anilines is 1. The standard InChI is InChI=1S/C21H18N2O2S/c1-3-13-9-6-10-18-19(13)22-21(26-18)23-20(24)16-11-14-7-4-5-8-15(14)12-17(16)25-2/h4-12H,3H2,1-2H3,(H,22,23,24). The Morgan fingerprint density at radius 2 is 1.88 bits per heavy atom. The van der Waals surface area contributed by atoms with Crippen LogP contribution in [0.1, 0.15) is 22.8 Å². The molecule has 0 aliphatic heterocycles. The number of carbonyl (C=O) groups excluding carboxylic acids is 1. The molecule has 5 heteroatoms. The molecule has 0 atom stereocenters. The normalized spacial score (nSPS) is 11.0. The summed E-state index contributed by atoms with van der Waals surface area (Å²) in [6, 6.07) is 17.8. The average molecular weight is 362 g/mol. The van der Waals surface area contributed by atoms with E-state index in [9.17, 15) is 4.79 Å².